The molecule has 3 rings (SSSR count). The largest absolute Gasteiger partial charge is 0.468 e. The van der Waals surface area contributed by atoms with E-state index in [4.69, 9.17) is 4.74 Å². The molecule has 19 heavy (non-hydrogen) atoms. The maximum atomic E-state index is 12.6. The van der Waals surface area contributed by atoms with E-state index in [2.05, 4.69) is 0 Å². The smallest absolute Gasteiger partial charge is 0.319 e. The second-order valence-corrected chi connectivity index (χ2v) is 5.49. The second kappa shape index (κ2) is 4.15. The van der Waals surface area contributed by atoms with Crippen LogP contribution in [-0.2, 0) is 19.1 Å². The molecule has 99 valence electrons. The molecule has 0 N–H and O–H groups in total. The molecule has 0 bridgehead atoms. The predicted molar refractivity (Wildman–Crippen MR) is 65.8 cm³/mol. The van der Waals surface area contributed by atoms with Crippen molar-refractivity contribution in [1.29, 1.82) is 0 Å². The van der Waals surface area contributed by atoms with E-state index >= 15 is 0 Å². The summed E-state index contributed by atoms with van der Waals surface area (Å²) in [4.78, 5) is 36.8. The van der Waals surface area contributed by atoms with Gasteiger partial charge in [0.25, 0.3) is 0 Å². The van der Waals surface area contributed by atoms with E-state index in [0.717, 1.165) is 0 Å². The van der Waals surface area contributed by atoms with Crippen molar-refractivity contribution in [3.63, 3.8) is 0 Å². The molecular weight excluding hydrogens is 244 g/mol. The summed E-state index contributed by atoms with van der Waals surface area (Å²) < 4.78 is 4.72. The zero-order valence-electron chi connectivity index (χ0n) is 10.8. The van der Waals surface area contributed by atoms with Crippen LogP contribution < -0.4 is 0 Å². The highest BCUT2D eigenvalue weighted by molar-refractivity contribution is 6.23. The van der Waals surface area contributed by atoms with Gasteiger partial charge in [0.15, 0.2) is 11.6 Å². The molecule has 0 aliphatic heterocycles. The van der Waals surface area contributed by atoms with Gasteiger partial charge in [-0.15, -0.1) is 0 Å². The lowest BCUT2D eigenvalue weighted by Gasteiger charge is -2.21. The van der Waals surface area contributed by atoms with Crippen molar-refractivity contribution in [3.8, 4) is 0 Å². The minimum absolute atomic E-state index is 0.141. The lowest BCUT2D eigenvalue weighted by Crippen LogP contribution is -2.39. The van der Waals surface area contributed by atoms with Gasteiger partial charge in [0, 0.05) is 5.92 Å². The van der Waals surface area contributed by atoms with Crippen LogP contribution in [0.25, 0.3) is 0 Å². The summed E-state index contributed by atoms with van der Waals surface area (Å²) in [5.74, 6) is -0.290. The Morgan fingerprint density at radius 2 is 1.53 bits per heavy atom. The van der Waals surface area contributed by atoms with E-state index in [1.807, 2.05) is 0 Å². The van der Waals surface area contributed by atoms with Gasteiger partial charge in [0.2, 0.25) is 0 Å². The number of esters is 1. The molecule has 0 saturated heterocycles. The molecule has 0 spiro atoms. The third kappa shape index (κ3) is 1.76. The quantitative estimate of drug-likeness (QED) is 0.551. The van der Waals surface area contributed by atoms with E-state index < -0.39 is 16.8 Å². The fourth-order valence-electron chi connectivity index (χ4n) is 2.79. The Labute approximate surface area is 112 Å². The Balaban J connectivity index is 1.79. The molecule has 0 aromatic rings. The molecule has 0 atom stereocenters. The van der Waals surface area contributed by atoms with E-state index in [0.29, 0.717) is 31.6 Å². The Hall–Kier alpha value is -1.19. The Morgan fingerprint density at radius 3 is 1.95 bits per heavy atom. The molecule has 3 aliphatic rings. The molecule has 3 fully saturated rings. The first-order valence-electron chi connectivity index (χ1n) is 6.47. The number of carbonyl (C=O) groups is 3. The number of ketones is 2. The number of hydrogen-bond donors (Lipinski definition) is 0. The van der Waals surface area contributed by atoms with E-state index in [1.165, 1.54) is 7.11 Å². The molecule has 3 aliphatic carbocycles. The molecule has 4 heteroatoms. The third-order valence-corrected chi connectivity index (χ3v) is 4.30. The average molecular weight is 259 g/mol. The second-order valence-electron chi connectivity index (χ2n) is 5.49. The lowest BCUT2D eigenvalue weighted by atomic mass is 9.79. The standard InChI is InChI=1S/C15H15O4/c1-19-13(18)15(8-9-15)12(17)14(6-7-14)11(16)10-4-2-3-5-10/h2-5H,6-9H2,1H3. The molecule has 0 aromatic carbocycles. The van der Waals surface area contributed by atoms with Gasteiger partial charge in [-0.25, -0.2) is 0 Å². The number of ether oxygens (including phenoxy) is 1. The maximum absolute atomic E-state index is 12.6. The third-order valence-electron chi connectivity index (χ3n) is 4.30. The first-order chi connectivity index (χ1) is 9.07. The average Bonchev–Trinajstić information content (AvgIpc) is 3.34. The fraction of sp³-hybridized carbons (Fsp3) is 0.467. The summed E-state index contributed by atoms with van der Waals surface area (Å²) in [6.07, 6.45) is 9.11. The molecule has 3 saturated carbocycles. The summed E-state index contributed by atoms with van der Waals surface area (Å²) >= 11 is 0. The van der Waals surface area contributed by atoms with Gasteiger partial charge in [-0.1, -0.05) is 0 Å². The van der Waals surface area contributed by atoms with Crippen LogP contribution in [0, 0.1) is 42.4 Å². The van der Waals surface area contributed by atoms with Crippen LogP contribution in [0.3, 0.4) is 0 Å². The predicted octanol–water partition coefficient (Wildman–Crippen LogP) is 1.26. The lowest BCUT2D eigenvalue weighted by molar-refractivity contribution is -0.153. The minimum atomic E-state index is -1.03. The first-order valence-corrected chi connectivity index (χ1v) is 6.47. The van der Waals surface area contributed by atoms with Crippen molar-refractivity contribution in [2.45, 2.75) is 25.7 Å². The van der Waals surface area contributed by atoms with Gasteiger partial charge in [-0.2, -0.15) is 0 Å². The van der Waals surface area contributed by atoms with Crippen molar-refractivity contribution < 1.29 is 19.1 Å². The van der Waals surface area contributed by atoms with Crippen molar-refractivity contribution in [2.75, 3.05) is 7.11 Å². The highest BCUT2D eigenvalue weighted by atomic mass is 16.5. The molecule has 5 radical (unpaired) electrons. The normalized spacial score (nSPS) is 26.8. The summed E-state index contributed by atoms with van der Waals surface area (Å²) in [7, 11) is 1.29. The summed E-state index contributed by atoms with van der Waals surface area (Å²) in [5, 5.41) is 0. The zero-order valence-corrected chi connectivity index (χ0v) is 10.8. The summed E-state index contributed by atoms with van der Waals surface area (Å²) in [6, 6.07) is 0. The first kappa shape index (κ1) is 12.8. The van der Waals surface area contributed by atoms with Crippen molar-refractivity contribution in [3.05, 3.63) is 31.6 Å². The van der Waals surface area contributed by atoms with Crippen LogP contribution in [0.1, 0.15) is 25.7 Å². The number of carbonyl (C=O) groups excluding carboxylic acids is 3. The fourth-order valence-corrected chi connectivity index (χ4v) is 2.79. The van der Waals surface area contributed by atoms with E-state index in [9.17, 15) is 14.4 Å². The number of hydrogen-bond acceptors (Lipinski definition) is 4. The monoisotopic (exact) mass is 259 g/mol. The van der Waals surface area contributed by atoms with Crippen molar-refractivity contribution in [1.82, 2.24) is 0 Å². The summed E-state index contributed by atoms with van der Waals surface area (Å²) in [5.41, 5.74) is -1.99. The Kier molecular flexibility index (Phi) is 2.80. The SMILES string of the molecule is COC(=O)C1(C(=O)C2(C(=O)[C]3[CH][CH][CH][CH]3)CC2)CC1. The van der Waals surface area contributed by atoms with Gasteiger partial charge >= 0.3 is 5.97 Å². The van der Waals surface area contributed by atoms with Crippen LogP contribution in [-0.4, -0.2) is 24.6 Å². The molecule has 0 aromatic heterocycles. The zero-order chi connectivity index (χ0) is 13.7. The van der Waals surface area contributed by atoms with Crippen molar-refractivity contribution in [2.24, 2.45) is 10.8 Å². The van der Waals surface area contributed by atoms with E-state index in [-0.39, 0.29) is 11.6 Å². The molecule has 0 unspecified atom stereocenters. The highest BCUT2D eigenvalue weighted by Crippen LogP contribution is 2.60. The van der Waals surface area contributed by atoms with Crippen molar-refractivity contribution >= 4 is 17.5 Å². The van der Waals surface area contributed by atoms with Gasteiger partial charge in [-0.3, -0.25) is 14.4 Å². The van der Waals surface area contributed by atoms with Gasteiger partial charge in [0.05, 0.1) is 12.5 Å². The molecule has 0 amide bonds. The number of methoxy groups -OCH3 is 1. The number of rotatable bonds is 5. The Bertz CT molecular complexity index is 437. The van der Waals surface area contributed by atoms with Gasteiger partial charge in [-0.05, 0) is 51.4 Å². The molecule has 4 nitrogen and oxygen atoms in total. The van der Waals surface area contributed by atoms with Gasteiger partial charge < -0.3 is 4.74 Å². The van der Waals surface area contributed by atoms with Crippen LogP contribution in [0.4, 0.5) is 0 Å². The topological polar surface area (TPSA) is 60.4 Å². The minimum Gasteiger partial charge on any atom is -0.468 e. The van der Waals surface area contributed by atoms with Crippen LogP contribution in [0.15, 0.2) is 0 Å². The number of Topliss-reactive ketones (excluding diaryl/α,β-unsaturated/α-hetero) is 2. The van der Waals surface area contributed by atoms with Crippen LogP contribution in [0.2, 0.25) is 0 Å². The molecule has 0 heterocycles. The van der Waals surface area contributed by atoms with Crippen LogP contribution in [0.5, 0.6) is 0 Å². The maximum Gasteiger partial charge on any atom is 0.319 e. The molecular formula is C15H15O4. The van der Waals surface area contributed by atoms with Gasteiger partial charge in [0.1, 0.15) is 5.41 Å². The highest BCUT2D eigenvalue weighted by Gasteiger charge is 2.69. The summed E-state index contributed by atoms with van der Waals surface area (Å²) in [6.45, 7) is 0. The Morgan fingerprint density at radius 1 is 1.00 bits per heavy atom. The van der Waals surface area contributed by atoms with E-state index in [1.54, 1.807) is 25.7 Å². The van der Waals surface area contributed by atoms with Crippen LogP contribution >= 0.6 is 0 Å².